The number of carbonyl (C=O) groups is 2. The first-order valence-electron chi connectivity index (χ1n) is 14.4. The number of hydrogen-bond donors (Lipinski definition) is 2. The Morgan fingerprint density at radius 3 is 2.45 bits per heavy atom. The summed E-state index contributed by atoms with van der Waals surface area (Å²) in [5.41, 5.74) is 1.20. The topological polar surface area (TPSA) is 123 Å². The van der Waals surface area contributed by atoms with Crippen molar-refractivity contribution in [3.05, 3.63) is 41.6 Å². The number of imide groups is 1. The molecule has 42 heavy (non-hydrogen) atoms. The minimum atomic E-state index is -0.761. The molecular weight excluding hydrogens is 539 g/mol. The first-order valence-corrected chi connectivity index (χ1v) is 14.4. The van der Waals surface area contributed by atoms with Crippen LogP contribution in [0.1, 0.15) is 71.3 Å². The number of aliphatic hydroxyl groups excluding tert-OH is 1. The van der Waals surface area contributed by atoms with Crippen LogP contribution in [-0.2, 0) is 25.3 Å². The minimum absolute atomic E-state index is 0.0336. The van der Waals surface area contributed by atoms with Crippen LogP contribution in [0.4, 0.5) is 22.0 Å². The van der Waals surface area contributed by atoms with E-state index in [1.165, 1.54) is 0 Å². The zero-order valence-electron chi connectivity index (χ0n) is 25.7. The van der Waals surface area contributed by atoms with Crippen molar-refractivity contribution < 1.29 is 33.5 Å². The quantitative estimate of drug-likeness (QED) is 0.508. The first kappa shape index (κ1) is 30.3. The predicted octanol–water partition coefficient (Wildman–Crippen LogP) is 3.60. The summed E-state index contributed by atoms with van der Waals surface area (Å²) in [6.45, 7) is 16.7. The van der Waals surface area contributed by atoms with Gasteiger partial charge in [0.15, 0.2) is 0 Å². The maximum atomic E-state index is 13.7. The summed E-state index contributed by atoms with van der Waals surface area (Å²) < 4.78 is 23.8. The monoisotopic (exact) mass is 580 g/mol. The lowest BCUT2D eigenvalue weighted by Crippen LogP contribution is -2.47. The van der Waals surface area contributed by atoms with Gasteiger partial charge in [0.1, 0.15) is 17.5 Å². The van der Waals surface area contributed by atoms with Gasteiger partial charge in [-0.15, -0.1) is 0 Å². The van der Waals surface area contributed by atoms with Crippen LogP contribution in [0, 0.1) is 0 Å². The molecule has 4 heterocycles. The van der Waals surface area contributed by atoms with E-state index in [2.05, 4.69) is 15.2 Å². The molecule has 3 aliphatic heterocycles. The van der Waals surface area contributed by atoms with E-state index in [1.54, 1.807) is 40.0 Å². The molecule has 2 unspecified atom stereocenters. The molecule has 1 aromatic heterocycles. The lowest BCUT2D eigenvalue weighted by molar-refractivity contribution is -0.0364. The molecule has 12 heteroatoms. The largest absolute Gasteiger partial charge is 0.495 e. The summed E-state index contributed by atoms with van der Waals surface area (Å²) >= 11 is 0. The number of aromatic nitrogens is 1. The predicted molar refractivity (Wildman–Crippen MR) is 159 cm³/mol. The SMILES string of the molecule is CC(O)C1CN(c2ccc(Nc3ccc(B4OC(C)(C)C(C)(C)O4)c4c3C(=O)N(C(=O)OC(C)(C)C)C4)nc2)CCO1. The number of amides is 2. The second-order valence-electron chi connectivity index (χ2n) is 13.1. The van der Waals surface area contributed by atoms with Crippen LogP contribution < -0.4 is 15.7 Å². The van der Waals surface area contributed by atoms with E-state index in [9.17, 15) is 14.7 Å². The maximum absolute atomic E-state index is 13.7. The highest BCUT2D eigenvalue weighted by Gasteiger charge is 2.53. The number of ether oxygens (including phenoxy) is 2. The number of carbonyl (C=O) groups excluding carboxylic acids is 2. The van der Waals surface area contributed by atoms with Gasteiger partial charge in [0.2, 0.25) is 0 Å². The Morgan fingerprint density at radius 2 is 1.86 bits per heavy atom. The van der Waals surface area contributed by atoms with Crippen molar-refractivity contribution in [3.63, 3.8) is 0 Å². The third-order valence-corrected chi connectivity index (χ3v) is 8.25. The van der Waals surface area contributed by atoms with Crippen molar-refractivity contribution in [1.82, 2.24) is 9.88 Å². The Bertz CT molecular complexity index is 1340. The Balaban J connectivity index is 1.44. The summed E-state index contributed by atoms with van der Waals surface area (Å²) in [5, 5.41) is 13.2. The number of aliphatic hydroxyl groups is 1. The molecule has 2 atom stereocenters. The van der Waals surface area contributed by atoms with Gasteiger partial charge in [0.05, 0.1) is 53.6 Å². The smallest absolute Gasteiger partial charge is 0.443 e. The van der Waals surface area contributed by atoms with Crippen LogP contribution in [0.15, 0.2) is 30.5 Å². The van der Waals surface area contributed by atoms with Gasteiger partial charge < -0.3 is 34.1 Å². The number of anilines is 3. The summed E-state index contributed by atoms with van der Waals surface area (Å²) in [6, 6.07) is 7.43. The van der Waals surface area contributed by atoms with Crippen molar-refractivity contribution in [1.29, 1.82) is 0 Å². The second kappa shape index (κ2) is 10.8. The van der Waals surface area contributed by atoms with Crippen LogP contribution in [0.25, 0.3) is 0 Å². The highest BCUT2D eigenvalue weighted by Crippen LogP contribution is 2.39. The molecule has 226 valence electrons. The zero-order chi connectivity index (χ0) is 30.6. The van der Waals surface area contributed by atoms with E-state index >= 15 is 0 Å². The number of morpholine rings is 1. The van der Waals surface area contributed by atoms with E-state index in [4.69, 9.17) is 18.8 Å². The fourth-order valence-corrected chi connectivity index (χ4v) is 5.19. The van der Waals surface area contributed by atoms with Crippen LogP contribution >= 0.6 is 0 Å². The maximum Gasteiger partial charge on any atom is 0.495 e. The van der Waals surface area contributed by atoms with Gasteiger partial charge >= 0.3 is 13.2 Å². The number of nitrogens with zero attached hydrogens (tertiary/aromatic N) is 3. The fraction of sp³-hybridized carbons (Fsp3) is 0.567. The highest BCUT2D eigenvalue weighted by atomic mass is 16.7. The van der Waals surface area contributed by atoms with E-state index in [0.717, 1.165) is 10.6 Å². The number of pyridine rings is 1. The summed E-state index contributed by atoms with van der Waals surface area (Å²) in [6.07, 6.45) is 0.209. The summed E-state index contributed by atoms with van der Waals surface area (Å²) in [4.78, 5) is 34.6. The standard InChI is InChI=1S/C30H41BN4O7/c1-18(36)23-17-34(13-14-39-23)19-9-12-24(32-15-19)33-22-11-10-21(31-41-29(5,6)30(7,8)42-31)20-16-35(26(37)25(20)22)27(38)40-28(2,3)4/h9-12,15,18,23,36H,13-14,16-17H2,1-8H3,(H,32,33). The Labute approximate surface area is 247 Å². The normalized spacial score (nSPS) is 22.3. The Hall–Kier alpha value is -3.19. The van der Waals surface area contributed by atoms with E-state index in [0.29, 0.717) is 47.8 Å². The van der Waals surface area contributed by atoms with Crippen LogP contribution in [0.5, 0.6) is 0 Å². The van der Waals surface area contributed by atoms with Gasteiger partial charge in [-0.3, -0.25) is 4.79 Å². The molecule has 0 radical (unpaired) electrons. The fourth-order valence-electron chi connectivity index (χ4n) is 5.19. The van der Waals surface area contributed by atoms with Gasteiger partial charge in [-0.05, 0) is 84.6 Å². The van der Waals surface area contributed by atoms with E-state index in [-0.39, 0.29) is 12.6 Å². The molecule has 0 bridgehead atoms. The molecule has 11 nitrogen and oxygen atoms in total. The van der Waals surface area contributed by atoms with Crippen LogP contribution in [-0.4, -0.2) is 82.8 Å². The van der Waals surface area contributed by atoms with Gasteiger partial charge in [-0.2, -0.15) is 0 Å². The van der Waals surface area contributed by atoms with Crippen molar-refractivity contribution in [2.45, 2.75) is 90.9 Å². The molecule has 0 saturated carbocycles. The van der Waals surface area contributed by atoms with Crippen molar-refractivity contribution >= 4 is 41.8 Å². The average molecular weight is 580 g/mol. The third-order valence-electron chi connectivity index (χ3n) is 8.25. The van der Waals surface area contributed by atoms with Gasteiger partial charge in [0.25, 0.3) is 5.91 Å². The summed E-state index contributed by atoms with van der Waals surface area (Å²) in [5.74, 6) is 0.0717. The zero-order valence-corrected chi connectivity index (χ0v) is 25.7. The molecule has 2 amide bonds. The van der Waals surface area contributed by atoms with Gasteiger partial charge in [-0.25, -0.2) is 14.7 Å². The molecular formula is C30H41BN4O7. The van der Waals surface area contributed by atoms with Gasteiger partial charge in [0, 0.05) is 13.1 Å². The van der Waals surface area contributed by atoms with Gasteiger partial charge in [-0.1, -0.05) is 6.07 Å². The molecule has 2 fully saturated rings. The molecule has 3 aliphatic rings. The Morgan fingerprint density at radius 1 is 1.17 bits per heavy atom. The molecule has 1 aromatic carbocycles. The lowest BCUT2D eigenvalue weighted by Gasteiger charge is -2.35. The third kappa shape index (κ3) is 5.85. The molecule has 2 saturated heterocycles. The Kier molecular flexibility index (Phi) is 7.80. The van der Waals surface area contributed by atoms with Crippen LogP contribution in [0.2, 0.25) is 0 Å². The van der Waals surface area contributed by atoms with E-state index in [1.807, 2.05) is 45.9 Å². The van der Waals surface area contributed by atoms with Crippen molar-refractivity contribution in [2.75, 3.05) is 29.9 Å². The second-order valence-corrected chi connectivity index (χ2v) is 13.1. The summed E-state index contributed by atoms with van der Waals surface area (Å²) in [7, 11) is -0.708. The highest BCUT2D eigenvalue weighted by molar-refractivity contribution is 6.63. The number of fused-ring (bicyclic) bond motifs is 1. The number of hydrogen-bond acceptors (Lipinski definition) is 10. The van der Waals surface area contributed by atoms with E-state index < -0.39 is 42.0 Å². The number of nitrogens with one attached hydrogen (secondary N) is 1. The molecule has 0 aliphatic carbocycles. The number of benzene rings is 1. The first-order chi connectivity index (χ1) is 19.6. The number of rotatable bonds is 5. The average Bonchev–Trinajstić information content (AvgIpc) is 3.36. The minimum Gasteiger partial charge on any atom is -0.443 e. The molecule has 0 spiro atoms. The van der Waals surface area contributed by atoms with Crippen molar-refractivity contribution in [3.8, 4) is 0 Å². The van der Waals surface area contributed by atoms with Crippen molar-refractivity contribution in [2.24, 2.45) is 0 Å². The molecule has 2 aromatic rings. The molecule has 2 N–H and O–H groups in total. The molecule has 5 rings (SSSR count). The van der Waals surface area contributed by atoms with Crippen LogP contribution in [0.3, 0.4) is 0 Å². The lowest BCUT2D eigenvalue weighted by atomic mass is 9.74.